The maximum Gasteiger partial charge on any atom is 0.112 e. The van der Waals surface area contributed by atoms with Gasteiger partial charge in [-0.15, -0.1) is 0 Å². The fraction of sp³-hybridized carbons (Fsp3) is 0.188. The minimum Gasteiger partial charge on any atom is -0.397 e. The summed E-state index contributed by atoms with van der Waals surface area (Å²) in [7, 11) is 0. The maximum absolute atomic E-state index is 6.01. The van der Waals surface area contributed by atoms with Gasteiger partial charge in [-0.25, -0.2) is 4.98 Å². The van der Waals surface area contributed by atoms with Crippen molar-refractivity contribution in [3.63, 3.8) is 0 Å². The maximum atomic E-state index is 6.01. The molecule has 3 nitrogen and oxygen atoms in total. The summed E-state index contributed by atoms with van der Waals surface area (Å²) in [5.74, 6) is 1.08. The molecule has 0 bridgehead atoms. The van der Waals surface area contributed by atoms with Crippen LogP contribution in [0.2, 0.25) is 0 Å². The fourth-order valence-electron chi connectivity index (χ4n) is 2.43. The summed E-state index contributed by atoms with van der Waals surface area (Å²) in [5.41, 5.74) is 10.1. The van der Waals surface area contributed by atoms with Crippen molar-refractivity contribution in [1.29, 1.82) is 0 Å². The Morgan fingerprint density at radius 2 is 1.84 bits per heavy atom. The standard InChI is InChI=1S/C16H17N3/c1-2-15-18-16-13(17)9-6-10-14(16)19(15)11-12-7-4-3-5-8-12/h3-10H,2,11,17H2,1H3. The summed E-state index contributed by atoms with van der Waals surface area (Å²) >= 11 is 0. The number of benzene rings is 2. The molecule has 0 atom stereocenters. The summed E-state index contributed by atoms with van der Waals surface area (Å²) in [6.07, 6.45) is 0.904. The third kappa shape index (κ3) is 2.08. The second kappa shape index (κ2) is 4.76. The van der Waals surface area contributed by atoms with E-state index in [1.807, 2.05) is 18.2 Å². The summed E-state index contributed by atoms with van der Waals surface area (Å²) < 4.78 is 2.25. The molecule has 3 rings (SSSR count). The predicted molar refractivity (Wildman–Crippen MR) is 79.1 cm³/mol. The fourth-order valence-corrected chi connectivity index (χ4v) is 2.43. The Hall–Kier alpha value is -2.29. The van der Waals surface area contributed by atoms with Gasteiger partial charge in [0.2, 0.25) is 0 Å². The van der Waals surface area contributed by atoms with Gasteiger partial charge in [-0.1, -0.05) is 43.3 Å². The van der Waals surface area contributed by atoms with Crippen molar-refractivity contribution in [3.05, 3.63) is 59.9 Å². The zero-order valence-corrected chi connectivity index (χ0v) is 11.0. The molecule has 1 aromatic heterocycles. The number of anilines is 1. The van der Waals surface area contributed by atoms with Crippen LogP contribution in [-0.4, -0.2) is 9.55 Å². The molecule has 2 N–H and O–H groups in total. The lowest BCUT2D eigenvalue weighted by molar-refractivity contribution is 0.753. The van der Waals surface area contributed by atoms with Gasteiger partial charge in [-0.05, 0) is 17.7 Å². The van der Waals surface area contributed by atoms with Crippen molar-refractivity contribution in [2.45, 2.75) is 19.9 Å². The number of para-hydroxylation sites is 1. The number of nitrogens with zero attached hydrogens (tertiary/aromatic N) is 2. The van der Waals surface area contributed by atoms with E-state index in [2.05, 4.69) is 46.8 Å². The SMILES string of the molecule is CCc1nc2c(N)cccc2n1Cc1ccccc1. The molecule has 0 saturated carbocycles. The van der Waals surface area contributed by atoms with Gasteiger partial charge in [-0.2, -0.15) is 0 Å². The number of rotatable bonds is 3. The highest BCUT2D eigenvalue weighted by molar-refractivity contribution is 5.87. The third-order valence-corrected chi connectivity index (χ3v) is 3.39. The number of hydrogen-bond acceptors (Lipinski definition) is 2. The van der Waals surface area contributed by atoms with Gasteiger partial charge < -0.3 is 10.3 Å². The third-order valence-electron chi connectivity index (χ3n) is 3.39. The van der Waals surface area contributed by atoms with Crippen molar-refractivity contribution < 1.29 is 0 Å². The van der Waals surface area contributed by atoms with Gasteiger partial charge >= 0.3 is 0 Å². The largest absolute Gasteiger partial charge is 0.397 e. The summed E-state index contributed by atoms with van der Waals surface area (Å²) in [4.78, 5) is 4.66. The predicted octanol–water partition coefficient (Wildman–Crippen LogP) is 3.23. The molecule has 1 heterocycles. The lowest BCUT2D eigenvalue weighted by Gasteiger charge is -2.08. The molecule has 19 heavy (non-hydrogen) atoms. The molecule has 96 valence electrons. The molecule has 0 aliphatic rings. The molecular weight excluding hydrogens is 234 g/mol. The Morgan fingerprint density at radius 3 is 2.58 bits per heavy atom. The van der Waals surface area contributed by atoms with Gasteiger partial charge in [0, 0.05) is 13.0 Å². The molecule has 0 spiro atoms. The van der Waals surface area contributed by atoms with Crippen LogP contribution < -0.4 is 5.73 Å². The van der Waals surface area contributed by atoms with Crippen molar-refractivity contribution in [2.24, 2.45) is 0 Å². The van der Waals surface area contributed by atoms with E-state index in [1.54, 1.807) is 0 Å². The zero-order chi connectivity index (χ0) is 13.2. The molecule has 0 saturated heterocycles. The topological polar surface area (TPSA) is 43.8 Å². The molecule has 3 aromatic rings. The first-order chi connectivity index (χ1) is 9.29. The van der Waals surface area contributed by atoms with Crippen molar-refractivity contribution >= 4 is 16.7 Å². The number of aryl methyl sites for hydroxylation is 1. The highest BCUT2D eigenvalue weighted by Gasteiger charge is 2.11. The van der Waals surface area contributed by atoms with Crippen LogP contribution in [0.5, 0.6) is 0 Å². The number of aromatic nitrogens is 2. The lowest BCUT2D eigenvalue weighted by atomic mass is 10.2. The van der Waals surface area contributed by atoms with Crippen LogP contribution in [0.4, 0.5) is 5.69 Å². The molecule has 0 unspecified atom stereocenters. The van der Waals surface area contributed by atoms with Gasteiger partial charge in [-0.3, -0.25) is 0 Å². The van der Waals surface area contributed by atoms with Crippen LogP contribution in [-0.2, 0) is 13.0 Å². The molecule has 3 heteroatoms. The average molecular weight is 251 g/mol. The molecule has 0 aliphatic heterocycles. The highest BCUT2D eigenvalue weighted by Crippen LogP contribution is 2.23. The minimum absolute atomic E-state index is 0.749. The molecule has 0 aliphatic carbocycles. The summed E-state index contributed by atoms with van der Waals surface area (Å²) in [6, 6.07) is 16.4. The Kier molecular flexibility index (Phi) is 2.95. The van der Waals surface area contributed by atoms with E-state index in [-0.39, 0.29) is 0 Å². The monoisotopic (exact) mass is 251 g/mol. The van der Waals surface area contributed by atoms with E-state index in [0.29, 0.717) is 0 Å². The van der Waals surface area contributed by atoms with Gasteiger partial charge in [0.15, 0.2) is 0 Å². The summed E-state index contributed by atoms with van der Waals surface area (Å²) in [6.45, 7) is 2.96. The second-order valence-corrected chi connectivity index (χ2v) is 4.67. The van der Waals surface area contributed by atoms with Crippen molar-refractivity contribution in [3.8, 4) is 0 Å². The van der Waals surface area contributed by atoms with Crippen LogP contribution in [0.15, 0.2) is 48.5 Å². The second-order valence-electron chi connectivity index (χ2n) is 4.67. The van der Waals surface area contributed by atoms with E-state index in [1.165, 1.54) is 5.56 Å². The van der Waals surface area contributed by atoms with Crippen LogP contribution in [0, 0.1) is 0 Å². The first-order valence-electron chi connectivity index (χ1n) is 6.57. The lowest BCUT2D eigenvalue weighted by Crippen LogP contribution is -2.04. The van der Waals surface area contributed by atoms with E-state index in [4.69, 9.17) is 5.73 Å². The zero-order valence-electron chi connectivity index (χ0n) is 11.0. The number of nitrogen functional groups attached to an aromatic ring is 1. The average Bonchev–Trinajstić information content (AvgIpc) is 2.80. The number of fused-ring (bicyclic) bond motifs is 1. The van der Waals surface area contributed by atoms with Crippen LogP contribution in [0.1, 0.15) is 18.3 Å². The Bertz CT molecular complexity index is 699. The molecule has 2 aromatic carbocycles. The molecule has 0 radical (unpaired) electrons. The quantitative estimate of drug-likeness (QED) is 0.726. The van der Waals surface area contributed by atoms with Gasteiger partial charge in [0.1, 0.15) is 11.3 Å². The van der Waals surface area contributed by atoms with E-state index in [9.17, 15) is 0 Å². The van der Waals surface area contributed by atoms with Gasteiger partial charge in [0.05, 0.1) is 11.2 Å². The van der Waals surface area contributed by atoms with E-state index >= 15 is 0 Å². The first-order valence-corrected chi connectivity index (χ1v) is 6.57. The Morgan fingerprint density at radius 1 is 1.05 bits per heavy atom. The molecule has 0 fully saturated rings. The first kappa shape index (κ1) is 11.8. The van der Waals surface area contributed by atoms with Crippen molar-refractivity contribution in [1.82, 2.24) is 9.55 Å². The van der Waals surface area contributed by atoms with E-state index in [0.717, 1.165) is 35.5 Å². The normalized spacial score (nSPS) is 11.0. The van der Waals surface area contributed by atoms with Crippen molar-refractivity contribution in [2.75, 3.05) is 5.73 Å². The van der Waals surface area contributed by atoms with E-state index < -0.39 is 0 Å². The Balaban J connectivity index is 2.14. The molecule has 0 amide bonds. The van der Waals surface area contributed by atoms with Gasteiger partial charge in [0.25, 0.3) is 0 Å². The highest BCUT2D eigenvalue weighted by atomic mass is 15.1. The van der Waals surface area contributed by atoms with Crippen LogP contribution >= 0.6 is 0 Å². The molecular formula is C16H17N3. The number of nitrogens with two attached hydrogens (primary N) is 1. The van der Waals surface area contributed by atoms with Crippen LogP contribution in [0.25, 0.3) is 11.0 Å². The number of hydrogen-bond donors (Lipinski definition) is 1. The number of imidazole rings is 1. The van der Waals surface area contributed by atoms with Crippen LogP contribution in [0.3, 0.4) is 0 Å². The summed E-state index contributed by atoms with van der Waals surface area (Å²) in [5, 5.41) is 0. The smallest absolute Gasteiger partial charge is 0.112 e. The minimum atomic E-state index is 0.749. The Labute approximate surface area is 112 Å².